The maximum atomic E-state index is 11.0. The third-order valence-electron chi connectivity index (χ3n) is 2.62. The molecule has 1 aliphatic rings. The van der Waals surface area contributed by atoms with Crippen LogP contribution in [0.3, 0.4) is 0 Å². The number of carbonyl (C=O) groups is 1. The lowest BCUT2D eigenvalue weighted by atomic mass is 10.0. The molecule has 0 radical (unpaired) electrons. The molecule has 0 aliphatic carbocycles. The van der Waals surface area contributed by atoms with E-state index in [2.05, 4.69) is 20.4 Å². The standard InChI is InChI=1S/C13H22O4/c1-5-12(14)15-9-11-6-7-16-13(4,17-11)8-10(2)3/h5,10-11H,1,6-9H2,2-4H3. The van der Waals surface area contributed by atoms with Gasteiger partial charge < -0.3 is 14.2 Å². The van der Waals surface area contributed by atoms with Crippen molar-refractivity contribution in [2.45, 2.75) is 45.5 Å². The van der Waals surface area contributed by atoms with Crippen molar-refractivity contribution in [3.05, 3.63) is 12.7 Å². The van der Waals surface area contributed by atoms with Crippen LogP contribution in [0, 0.1) is 5.92 Å². The van der Waals surface area contributed by atoms with Gasteiger partial charge in [-0.1, -0.05) is 20.4 Å². The summed E-state index contributed by atoms with van der Waals surface area (Å²) in [6.07, 6.45) is 2.65. The fourth-order valence-electron chi connectivity index (χ4n) is 2.05. The Morgan fingerprint density at radius 1 is 1.65 bits per heavy atom. The second kappa shape index (κ2) is 6.17. The van der Waals surface area contributed by atoms with Crippen LogP contribution in [0.1, 0.15) is 33.6 Å². The smallest absolute Gasteiger partial charge is 0.330 e. The zero-order valence-electron chi connectivity index (χ0n) is 10.9. The third-order valence-corrected chi connectivity index (χ3v) is 2.62. The van der Waals surface area contributed by atoms with Gasteiger partial charge in [-0.05, 0) is 12.8 Å². The minimum atomic E-state index is -0.558. The summed E-state index contributed by atoms with van der Waals surface area (Å²) in [4.78, 5) is 11.0. The molecule has 1 rings (SSSR count). The van der Waals surface area contributed by atoms with E-state index in [1.807, 2.05) is 6.92 Å². The SMILES string of the molecule is C=CC(=O)OCC1CCOC(C)(CC(C)C)O1. The van der Waals surface area contributed by atoms with Crippen molar-refractivity contribution >= 4 is 5.97 Å². The molecule has 0 N–H and O–H groups in total. The lowest BCUT2D eigenvalue weighted by Gasteiger charge is -2.39. The Morgan fingerprint density at radius 3 is 2.94 bits per heavy atom. The first-order chi connectivity index (χ1) is 7.95. The van der Waals surface area contributed by atoms with Gasteiger partial charge in [-0.2, -0.15) is 0 Å². The number of hydrogen-bond acceptors (Lipinski definition) is 4. The minimum Gasteiger partial charge on any atom is -0.460 e. The lowest BCUT2D eigenvalue weighted by Crippen LogP contribution is -2.45. The molecule has 4 nitrogen and oxygen atoms in total. The molecule has 17 heavy (non-hydrogen) atoms. The summed E-state index contributed by atoms with van der Waals surface area (Å²) in [7, 11) is 0. The fourth-order valence-corrected chi connectivity index (χ4v) is 2.05. The van der Waals surface area contributed by atoms with Crippen molar-refractivity contribution in [2.75, 3.05) is 13.2 Å². The Bertz CT molecular complexity index is 275. The largest absolute Gasteiger partial charge is 0.460 e. The van der Waals surface area contributed by atoms with Crippen molar-refractivity contribution in [3.63, 3.8) is 0 Å². The van der Waals surface area contributed by atoms with Crippen LogP contribution >= 0.6 is 0 Å². The highest BCUT2D eigenvalue weighted by Gasteiger charge is 2.34. The summed E-state index contributed by atoms with van der Waals surface area (Å²) in [6.45, 7) is 10.4. The average molecular weight is 242 g/mol. The van der Waals surface area contributed by atoms with Gasteiger partial charge in [-0.3, -0.25) is 0 Å². The topological polar surface area (TPSA) is 44.8 Å². The minimum absolute atomic E-state index is 0.0867. The van der Waals surface area contributed by atoms with Crippen LogP contribution in [-0.4, -0.2) is 31.1 Å². The van der Waals surface area contributed by atoms with Gasteiger partial charge in [0.1, 0.15) is 6.61 Å². The van der Waals surface area contributed by atoms with Gasteiger partial charge >= 0.3 is 5.97 Å². The highest BCUT2D eigenvalue weighted by molar-refractivity contribution is 5.81. The van der Waals surface area contributed by atoms with Crippen molar-refractivity contribution < 1.29 is 19.0 Å². The normalized spacial score (nSPS) is 29.1. The van der Waals surface area contributed by atoms with Crippen molar-refractivity contribution in [2.24, 2.45) is 5.92 Å². The van der Waals surface area contributed by atoms with Crippen LogP contribution in [0.5, 0.6) is 0 Å². The molecule has 0 spiro atoms. The van der Waals surface area contributed by atoms with Gasteiger partial charge in [-0.25, -0.2) is 4.79 Å². The van der Waals surface area contributed by atoms with Crippen LogP contribution in [0.4, 0.5) is 0 Å². The summed E-state index contributed by atoms with van der Waals surface area (Å²) in [6, 6.07) is 0. The lowest BCUT2D eigenvalue weighted by molar-refractivity contribution is -0.294. The molecule has 0 aromatic heterocycles. The maximum absolute atomic E-state index is 11.0. The quantitative estimate of drug-likeness (QED) is 0.548. The Balaban J connectivity index is 2.42. The van der Waals surface area contributed by atoms with Gasteiger partial charge in [0.15, 0.2) is 5.79 Å². The zero-order chi connectivity index (χ0) is 12.9. The zero-order valence-corrected chi connectivity index (χ0v) is 10.9. The highest BCUT2D eigenvalue weighted by Crippen LogP contribution is 2.29. The highest BCUT2D eigenvalue weighted by atomic mass is 16.7. The first-order valence-electron chi connectivity index (χ1n) is 6.06. The van der Waals surface area contributed by atoms with Crippen LogP contribution in [-0.2, 0) is 19.0 Å². The van der Waals surface area contributed by atoms with E-state index in [1.54, 1.807) is 0 Å². The van der Waals surface area contributed by atoms with Gasteiger partial charge in [-0.15, -0.1) is 0 Å². The Hall–Kier alpha value is -0.870. The first kappa shape index (κ1) is 14.2. The predicted octanol–water partition coefficient (Wildman–Crippen LogP) is 2.28. The first-order valence-corrected chi connectivity index (χ1v) is 6.06. The molecular weight excluding hydrogens is 220 g/mol. The molecule has 2 atom stereocenters. The van der Waals surface area contributed by atoms with E-state index in [0.29, 0.717) is 12.5 Å². The molecule has 0 saturated carbocycles. The van der Waals surface area contributed by atoms with Crippen LogP contribution in [0.2, 0.25) is 0 Å². The summed E-state index contributed by atoms with van der Waals surface area (Å²) >= 11 is 0. The second-order valence-electron chi connectivity index (χ2n) is 4.94. The van der Waals surface area contributed by atoms with E-state index in [1.165, 1.54) is 0 Å². The fraction of sp³-hybridized carbons (Fsp3) is 0.769. The summed E-state index contributed by atoms with van der Waals surface area (Å²) in [5.41, 5.74) is 0. The Labute approximate surface area is 103 Å². The van der Waals surface area contributed by atoms with E-state index >= 15 is 0 Å². The molecule has 0 aromatic carbocycles. The molecule has 1 saturated heterocycles. The summed E-state index contributed by atoms with van der Waals surface area (Å²) in [5.74, 6) is -0.474. The van der Waals surface area contributed by atoms with Crippen molar-refractivity contribution in [1.82, 2.24) is 0 Å². The van der Waals surface area contributed by atoms with Gasteiger partial charge in [0.25, 0.3) is 0 Å². The van der Waals surface area contributed by atoms with E-state index in [9.17, 15) is 4.79 Å². The molecular formula is C13H22O4. The van der Waals surface area contributed by atoms with Gasteiger partial charge in [0.05, 0.1) is 12.7 Å². The molecule has 0 bridgehead atoms. The van der Waals surface area contributed by atoms with Gasteiger partial charge in [0.2, 0.25) is 0 Å². The van der Waals surface area contributed by atoms with E-state index < -0.39 is 11.8 Å². The number of hydrogen-bond donors (Lipinski definition) is 0. The molecule has 98 valence electrons. The summed E-state index contributed by atoms with van der Waals surface area (Å²) in [5, 5.41) is 0. The van der Waals surface area contributed by atoms with E-state index in [0.717, 1.165) is 18.9 Å². The van der Waals surface area contributed by atoms with E-state index in [4.69, 9.17) is 14.2 Å². The third kappa shape index (κ3) is 4.88. The average Bonchev–Trinajstić information content (AvgIpc) is 2.24. The Morgan fingerprint density at radius 2 is 2.35 bits per heavy atom. The van der Waals surface area contributed by atoms with Crippen molar-refractivity contribution in [1.29, 1.82) is 0 Å². The maximum Gasteiger partial charge on any atom is 0.330 e. The molecule has 1 aliphatic heterocycles. The molecule has 1 heterocycles. The van der Waals surface area contributed by atoms with Crippen LogP contribution < -0.4 is 0 Å². The molecule has 0 amide bonds. The molecule has 1 fully saturated rings. The number of esters is 1. The molecule has 0 aromatic rings. The van der Waals surface area contributed by atoms with Crippen LogP contribution in [0.15, 0.2) is 12.7 Å². The monoisotopic (exact) mass is 242 g/mol. The molecule has 4 heteroatoms. The number of ether oxygens (including phenoxy) is 3. The number of carbonyl (C=O) groups excluding carboxylic acids is 1. The Kier molecular flexibility index (Phi) is 5.15. The van der Waals surface area contributed by atoms with E-state index in [-0.39, 0.29) is 12.7 Å². The van der Waals surface area contributed by atoms with Crippen LogP contribution in [0.25, 0.3) is 0 Å². The molecule has 2 unspecified atom stereocenters. The predicted molar refractivity (Wildman–Crippen MR) is 64.5 cm³/mol. The number of rotatable bonds is 5. The van der Waals surface area contributed by atoms with Crippen molar-refractivity contribution in [3.8, 4) is 0 Å². The summed E-state index contributed by atoms with van der Waals surface area (Å²) < 4.78 is 16.5. The second-order valence-corrected chi connectivity index (χ2v) is 4.94. The van der Waals surface area contributed by atoms with Gasteiger partial charge in [0, 0.05) is 18.9 Å².